The molecule has 0 rings (SSSR count). The largest absolute Gasteiger partial charge is 0.463 e. The maximum Gasteiger partial charge on any atom is 0.348 e. The fourth-order valence-electron chi connectivity index (χ4n) is 0.891. The Morgan fingerprint density at radius 2 is 1.93 bits per heavy atom. The van der Waals surface area contributed by atoms with Crippen molar-refractivity contribution in [2.24, 2.45) is 5.92 Å². The molecule has 5 heteroatoms. The second kappa shape index (κ2) is 6.98. The van der Waals surface area contributed by atoms with E-state index in [2.05, 4.69) is 0 Å². The van der Waals surface area contributed by atoms with Crippen molar-refractivity contribution in [3.63, 3.8) is 0 Å². The Bertz CT molecular complexity index is 236. The van der Waals surface area contributed by atoms with Gasteiger partial charge < -0.3 is 14.3 Å². The Kier molecular flexibility index (Phi) is 6.33. The summed E-state index contributed by atoms with van der Waals surface area (Å²) in [5.74, 6) is -1.90. The third-order valence-electron chi connectivity index (χ3n) is 1.76. The van der Waals surface area contributed by atoms with Crippen LogP contribution in [0.1, 0.15) is 27.2 Å². The van der Waals surface area contributed by atoms with E-state index < -0.39 is 24.0 Å². The molecule has 15 heavy (non-hydrogen) atoms. The van der Waals surface area contributed by atoms with Crippen LogP contribution in [0.2, 0.25) is 0 Å². The van der Waals surface area contributed by atoms with E-state index in [-0.39, 0.29) is 13.0 Å². The Hall–Kier alpha value is -1.39. The maximum absolute atomic E-state index is 11.3. The first-order valence-electron chi connectivity index (χ1n) is 4.88. The van der Waals surface area contributed by atoms with Gasteiger partial charge in [0.1, 0.15) is 6.29 Å². The highest BCUT2D eigenvalue weighted by Gasteiger charge is 2.29. The standard InChI is InChI=1S/C10H16O5/c1-4-8(12)15-9(7(3)6-11)10(13)14-5-2/h6-7,9H,4-5H2,1-3H3. The average molecular weight is 216 g/mol. The monoisotopic (exact) mass is 216 g/mol. The number of carbonyl (C=O) groups is 3. The molecular formula is C10H16O5. The van der Waals surface area contributed by atoms with Gasteiger partial charge in [0, 0.05) is 6.42 Å². The Morgan fingerprint density at radius 3 is 2.33 bits per heavy atom. The highest BCUT2D eigenvalue weighted by molar-refractivity contribution is 5.82. The van der Waals surface area contributed by atoms with Crippen molar-refractivity contribution in [2.75, 3.05) is 6.61 Å². The van der Waals surface area contributed by atoms with Crippen LogP contribution in [0.15, 0.2) is 0 Å². The van der Waals surface area contributed by atoms with Gasteiger partial charge >= 0.3 is 11.9 Å². The molecule has 0 saturated carbocycles. The second-order valence-electron chi connectivity index (χ2n) is 3.01. The van der Waals surface area contributed by atoms with Crippen molar-refractivity contribution in [1.29, 1.82) is 0 Å². The summed E-state index contributed by atoms with van der Waals surface area (Å²) in [6, 6.07) is 0. The number of carbonyl (C=O) groups excluding carboxylic acids is 3. The van der Waals surface area contributed by atoms with Crippen LogP contribution in [-0.4, -0.2) is 30.9 Å². The van der Waals surface area contributed by atoms with E-state index in [9.17, 15) is 14.4 Å². The molecule has 0 amide bonds. The average Bonchev–Trinajstić information content (AvgIpc) is 2.24. The number of aldehydes is 1. The first-order chi connectivity index (χ1) is 7.06. The maximum atomic E-state index is 11.3. The second-order valence-corrected chi connectivity index (χ2v) is 3.01. The summed E-state index contributed by atoms with van der Waals surface area (Å²) in [6.45, 7) is 4.93. The van der Waals surface area contributed by atoms with Gasteiger partial charge in [0.15, 0.2) is 0 Å². The Morgan fingerprint density at radius 1 is 1.33 bits per heavy atom. The van der Waals surface area contributed by atoms with Gasteiger partial charge in [0.25, 0.3) is 0 Å². The van der Waals surface area contributed by atoms with Crippen molar-refractivity contribution >= 4 is 18.2 Å². The molecule has 0 heterocycles. The van der Waals surface area contributed by atoms with Gasteiger partial charge in [0.05, 0.1) is 12.5 Å². The highest BCUT2D eigenvalue weighted by Crippen LogP contribution is 2.08. The molecule has 2 unspecified atom stereocenters. The fraction of sp³-hybridized carbons (Fsp3) is 0.700. The van der Waals surface area contributed by atoms with Gasteiger partial charge in [-0.15, -0.1) is 0 Å². The summed E-state index contributed by atoms with van der Waals surface area (Å²) in [5, 5.41) is 0. The number of esters is 2. The zero-order valence-electron chi connectivity index (χ0n) is 9.19. The number of hydrogen-bond acceptors (Lipinski definition) is 5. The van der Waals surface area contributed by atoms with Crippen LogP contribution in [0.5, 0.6) is 0 Å². The molecule has 0 aliphatic heterocycles. The van der Waals surface area contributed by atoms with Crippen LogP contribution < -0.4 is 0 Å². The van der Waals surface area contributed by atoms with E-state index in [4.69, 9.17) is 9.47 Å². The highest BCUT2D eigenvalue weighted by atomic mass is 16.6. The topological polar surface area (TPSA) is 69.7 Å². The Labute approximate surface area is 88.7 Å². The quantitative estimate of drug-likeness (QED) is 0.483. The molecule has 0 radical (unpaired) electrons. The minimum atomic E-state index is -1.13. The fourth-order valence-corrected chi connectivity index (χ4v) is 0.891. The lowest BCUT2D eigenvalue weighted by atomic mass is 10.1. The van der Waals surface area contributed by atoms with Crippen LogP contribution in [0.25, 0.3) is 0 Å². The molecule has 0 spiro atoms. The normalized spacial score (nSPS) is 13.8. The molecule has 0 aromatic rings. The molecule has 0 bridgehead atoms. The van der Waals surface area contributed by atoms with Crippen molar-refractivity contribution < 1.29 is 23.9 Å². The molecule has 0 aromatic heterocycles. The lowest BCUT2D eigenvalue weighted by Crippen LogP contribution is -2.35. The molecule has 0 fully saturated rings. The first kappa shape index (κ1) is 13.6. The smallest absolute Gasteiger partial charge is 0.348 e. The number of rotatable bonds is 6. The number of hydrogen-bond donors (Lipinski definition) is 0. The van der Waals surface area contributed by atoms with E-state index >= 15 is 0 Å². The molecule has 86 valence electrons. The van der Waals surface area contributed by atoms with Gasteiger partial charge in [-0.05, 0) is 6.92 Å². The SMILES string of the molecule is CCOC(=O)C(OC(=O)CC)C(C)C=O. The van der Waals surface area contributed by atoms with E-state index in [0.717, 1.165) is 0 Å². The van der Waals surface area contributed by atoms with Gasteiger partial charge in [-0.1, -0.05) is 13.8 Å². The van der Waals surface area contributed by atoms with Crippen molar-refractivity contribution in [3.05, 3.63) is 0 Å². The summed E-state index contributed by atoms with van der Waals surface area (Å²) in [4.78, 5) is 32.9. The minimum absolute atomic E-state index is 0.154. The zero-order chi connectivity index (χ0) is 11.8. The van der Waals surface area contributed by atoms with Gasteiger partial charge in [-0.3, -0.25) is 4.79 Å². The number of ether oxygens (including phenoxy) is 2. The third-order valence-corrected chi connectivity index (χ3v) is 1.76. The van der Waals surface area contributed by atoms with E-state index in [0.29, 0.717) is 6.29 Å². The van der Waals surface area contributed by atoms with Crippen LogP contribution >= 0.6 is 0 Å². The molecule has 0 aromatic carbocycles. The van der Waals surface area contributed by atoms with Gasteiger partial charge in [-0.2, -0.15) is 0 Å². The van der Waals surface area contributed by atoms with Crippen molar-refractivity contribution in [3.8, 4) is 0 Å². The Balaban J connectivity index is 4.50. The van der Waals surface area contributed by atoms with Crippen molar-refractivity contribution in [1.82, 2.24) is 0 Å². The molecule has 0 aliphatic rings. The van der Waals surface area contributed by atoms with E-state index in [1.165, 1.54) is 6.92 Å². The lowest BCUT2D eigenvalue weighted by Gasteiger charge is -2.18. The van der Waals surface area contributed by atoms with Crippen LogP contribution in [0.4, 0.5) is 0 Å². The summed E-state index contributed by atoms with van der Waals surface area (Å²) >= 11 is 0. The molecule has 2 atom stereocenters. The summed E-state index contributed by atoms with van der Waals surface area (Å²) in [7, 11) is 0. The van der Waals surface area contributed by atoms with Crippen molar-refractivity contribution in [2.45, 2.75) is 33.3 Å². The summed E-state index contributed by atoms with van der Waals surface area (Å²) in [5.41, 5.74) is 0. The van der Waals surface area contributed by atoms with Crippen LogP contribution in [0.3, 0.4) is 0 Å². The molecule has 0 aliphatic carbocycles. The molecule has 5 nitrogen and oxygen atoms in total. The molecular weight excluding hydrogens is 200 g/mol. The minimum Gasteiger partial charge on any atom is -0.463 e. The molecule has 0 N–H and O–H groups in total. The third kappa shape index (κ3) is 4.58. The van der Waals surface area contributed by atoms with Gasteiger partial charge in [0.2, 0.25) is 6.10 Å². The lowest BCUT2D eigenvalue weighted by molar-refractivity contribution is -0.171. The predicted octanol–water partition coefficient (Wildman–Crippen LogP) is 0.706. The van der Waals surface area contributed by atoms with Gasteiger partial charge in [-0.25, -0.2) is 4.79 Å². The summed E-state index contributed by atoms with van der Waals surface area (Å²) in [6.07, 6.45) is -0.415. The predicted molar refractivity (Wildman–Crippen MR) is 52.0 cm³/mol. The zero-order valence-corrected chi connectivity index (χ0v) is 9.19. The van der Waals surface area contributed by atoms with E-state index in [1.807, 2.05) is 0 Å². The van der Waals surface area contributed by atoms with E-state index in [1.54, 1.807) is 13.8 Å². The summed E-state index contributed by atoms with van der Waals surface area (Å²) < 4.78 is 9.52. The molecule has 0 saturated heterocycles. The van der Waals surface area contributed by atoms with Crippen LogP contribution in [0, 0.1) is 5.92 Å². The van der Waals surface area contributed by atoms with Crippen LogP contribution in [-0.2, 0) is 23.9 Å². The first-order valence-corrected chi connectivity index (χ1v) is 4.88.